The summed E-state index contributed by atoms with van der Waals surface area (Å²) in [7, 11) is 1.60. The summed E-state index contributed by atoms with van der Waals surface area (Å²) in [6, 6.07) is 23.0. The van der Waals surface area contributed by atoms with Gasteiger partial charge in [-0.15, -0.1) is 0 Å². The Hall–Kier alpha value is -3.51. The van der Waals surface area contributed by atoms with Crippen LogP contribution in [-0.2, 0) is 13.0 Å². The molecule has 4 aromatic rings. The maximum absolute atomic E-state index is 12.3. The molecule has 4 rings (SSSR count). The van der Waals surface area contributed by atoms with E-state index in [1.165, 1.54) is 0 Å². The number of imidazole rings is 1. The molecule has 1 heterocycles. The number of carbonyl (C=O) groups excluding carboxylic acids is 1. The molecule has 36 heavy (non-hydrogen) atoms. The third kappa shape index (κ3) is 6.79. The summed E-state index contributed by atoms with van der Waals surface area (Å²) in [5.74, 6) is 2.42. The zero-order valence-corrected chi connectivity index (χ0v) is 21.3. The molecule has 0 radical (unpaired) electrons. The molecule has 188 valence electrons. The average molecular weight is 506 g/mol. The van der Waals surface area contributed by atoms with Crippen molar-refractivity contribution >= 4 is 28.5 Å². The van der Waals surface area contributed by atoms with Crippen LogP contribution in [0.4, 0.5) is 0 Å². The SMILES string of the molecule is COc1cccc(C(=O)NCCCCCc2nc3ccccc3n2CCCOc2ccccc2Cl)c1. The topological polar surface area (TPSA) is 65.4 Å². The molecule has 0 spiro atoms. The van der Waals surface area contributed by atoms with E-state index in [1.807, 2.05) is 42.5 Å². The van der Waals surface area contributed by atoms with Crippen molar-refractivity contribution < 1.29 is 14.3 Å². The number of halogens is 1. The Kier molecular flexibility index (Phi) is 9.22. The second kappa shape index (κ2) is 13.0. The number of para-hydroxylation sites is 3. The maximum atomic E-state index is 12.3. The van der Waals surface area contributed by atoms with Crippen LogP contribution in [0.25, 0.3) is 11.0 Å². The van der Waals surface area contributed by atoms with Crippen LogP contribution in [0, 0.1) is 0 Å². The fourth-order valence-corrected chi connectivity index (χ4v) is 4.38. The number of fused-ring (bicyclic) bond motifs is 1. The van der Waals surface area contributed by atoms with E-state index in [-0.39, 0.29) is 5.91 Å². The van der Waals surface area contributed by atoms with Gasteiger partial charge in [-0.2, -0.15) is 0 Å². The van der Waals surface area contributed by atoms with E-state index >= 15 is 0 Å². The van der Waals surface area contributed by atoms with Gasteiger partial charge in [0.1, 0.15) is 17.3 Å². The molecule has 7 heteroatoms. The highest BCUT2D eigenvalue weighted by atomic mass is 35.5. The maximum Gasteiger partial charge on any atom is 0.251 e. The van der Waals surface area contributed by atoms with Crippen LogP contribution in [0.3, 0.4) is 0 Å². The van der Waals surface area contributed by atoms with Crippen molar-refractivity contribution in [3.63, 3.8) is 0 Å². The number of aryl methyl sites for hydroxylation is 2. The number of rotatable bonds is 13. The molecule has 0 aliphatic heterocycles. The Labute approximate surface area is 217 Å². The quantitative estimate of drug-likeness (QED) is 0.216. The second-order valence-corrected chi connectivity index (χ2v) is 9.01. The molecule has 0 fully saturated rings. The van der Waals surface area contributed by atoms with E-state index in [4.69, 9.17) is 26.1 Å². The second-order valence-electron chi connectivity index (χ2n) is 8.60. The van der Waals surface area contributed by atoms with Crippen LogP contribution >= 0.6 is 11.6 Å². The van der Waals surface area contributed by atoms with Crippen molar-refractivity contribution in [3.05, 3.63) is 89.2 Å². The van der Waals surface area contributed by atoms with Gasteiger partial charge in [-0.1, -0.05) is 48.4 Å². The number of nitrogens with zero attached hydrogens (tertiary/aromatic N) is 2. The minimum absolute atomic E-state index is 0.0744. The highest BCUT2D eigenvalue weighted by molar-refractivity contribution is 6.32. The smallest absolute Gasteiger partial charge is 0.251 e. The zero-order valence-electron chi connectivity index (χ0n) is 20.6. The molecule has 3 aromatic carbocycles. The highest BCUT2D eigenvalue weighted by Crippen LogP contribution is 2.24. The van der Waals surface area contributed by atoms with E-state index in [0.717, 1.165) is 55.5 Å². The molecule has 0 bridgehead atoms. The monoisotopic (exact) mass is 505 g/mol. The van der Waals surface area contributed by atoms with Crippen molar-refractivity contribution in [2.45, 2.75) is 38.6 Å². The molecule has 1 amide bonds. The number of amides is 1. The lowest BCUT2D eigenvalue weighted by Crippen LogP contribution is -2.24. The van der Waals surface area contributed by atoms with Crippen LogP contribution in [0.15, 0.2) is 72.8 Å². The summed E-state index contributed by atoms with van der Waals surface area (Å²) < 4.78 is 13.4. The zero-order chi connectivity index (χ0) is 25.2. The lowest BCUT2D eigenvalue weighted by atomic mass is 10.1. The molecule has 6 nitrogen and oxygen atoms in total. The van der Waals surface area contributed by atoms with Crippen molar-refractivity contribution in [2.75, 3.05) is 20.3 Å². The fraction of sp³-hybridized carbons (Fsp3) is 0.310. The third-order valence-corrected chi connectivity index (χ3v) is 6.36. The van der Waals surface area contributed by atoms with Gasteiger partial charge in [0, 0.05) is 25.1 Å². The number of carbonyl (C=O) groups is 1. The van der Waals surface area contributed by atoms with Gasteiger partial charge < -0.3 is 19.4 Å². The Bertz CT molecular complexity index is 1290. The number of unbranched alkanes of at least 4 members (excludes halogenated alkanes) is 2. The van der Waals surface area contributed by atoms with Gasteiger partial charge in [0.05, 0.1) is 29.8 Å². The van der Waals surface area contributed by atoms with Crippen LogP contribution < -0.4 is 14.8 Å². The Morgan fingerprint density at radius 1 is 0.972 bits per heavy atom. The van der Waals surface area contributed by atoms with E-state index in [1.54, 1.807) is 19.2 Å². The molecule has 0 aliphatic rings. The summed E-state index contributed by atoms with van der Waals surface area (Å²) in [5.41, 5.74) is 2.78. The minimum Gasteiger partial charge on any atom is -0.497 e. The summed E-state index contributed by atoms with van der Waals surface area (Å²) in [4.78, 5) is 17.2. The van der Waals surface area contributed by atoms with Gasteiger partial charge in [-0.25, -0.2) is 4.98 Å². The van der Waals surface area contributed by atoms with E-state index in [0.29, 0.717) is 35.2 Å². The molecule has 0 saturated heterocycles. The number of benzene rings is 3. The number of methoxy groups -OCH3 is 1. The van der Waals surface area contributed by atoms with Crippen molar-refractivity contribution in [1.29, 1.82) is 0 Å². The van der Waals surface area contributed by atoms with E-state index < -0.39 is 0 Å². The minimum atomic E-state index is -0.0744. The van der Waals surface area contributed by atoms with Gasteiger partial charge >= 0.3 is 0 Å². The number of hydrogen-bond donors (Lipinski definition) is 1. The van der Waals surface area contributed by atoms with E-state index in [9.17, 15) is 4.79 Å². The molecular formula is C29H32ClN3O3. The molecule has 0 aliphatic carbocycles. The Balaban J connectivity index is 1.24. The van der Waals surface area contributed by atoms with Crippen molar-refractivity contribution in [3.8, 4) is 11.5 Å². The predicted octanol–water partition coefficient (Wildman–Crippen LogP) is 6.31. The van der Waals surface area contributed by atoms with Gasteiger partial charge in [0.2, 0.25) is 0 Å². The van der Waals surface area contributed by atoms with Crippen molar-refractivity contribution in [2.24, 2.45) is 0 Å². The van der Waals surface area contributed by atoms with Gasteiger partial charge in [-0.3, -0.25) is 4.79 Å². The summed E-state index contributed by atoms with van der Waals surface area (Å²) in [6.45, 7) is 2.06. The van der Waals surface area contributed by atoms with Gasteiger partial charge in [0.15, 0.2) is 0 Å². The number of nitrogens with one attached hydrogen (secondary N) is 1. The first-order valence-electron chi connectivity index (χ1n) is 12.4. The molecular weight excluding hydrogens is 474 g/mol. The van der Waals surface area contributed by atoms with Crippen LogP contribution in [0.5, 0.6) is 11.5 Å². The molecule has 0 unspecified atom stereocenters. The van der Waals surface area contributed by atoms with Crippen LogP contribution in [-0.4, -0.2) is 35.7 Å². The average Bonchev–Trinajstić information content (AvgIpc) is 3.26. The van der Waals surface area contributed by atoms with Crippen molar-refractivity contribution in [1.82, 2.24) is 14.9 Å². The first kappa shape index (κ1) is 25.6. The Morgan fingerprint density at radius 3 is 2.67 bits per heavy atom. The highest BCUT2D eigenvalue weighted by Gasteiger charge is 2.11. The van der Waals surface area contributed by atoms with Crippen LogP contribution in [0.2, 0.25) is 5.02 Å². The molecule has 0 saturated carbocycles. The van der Waals surface area contributed by atoms with Gasteiger partial charge in [-0.05, 0) is 61.7 Å². The third-order valence-electron chi connectivity index (χ3n) is 6.05. The Morgan fingerprint density at radius 2 is 1.81 bits per heavy atom. The number of aromatic nitrogens is 2. The normalized spacial score (nSPS) is 10.9. The lowest BCUT2D eigenvalue weighted by Gasteiger charge is -2.11. The first-order chi connectivity index (χ1) is 17.7. The fourth-order valence-electron chi connectivity index (χ4n) is 4.19. The van der Waals surface area contributed by atoms with E-state index in [2.05, 4.69) is 28.1 Å². The standard InChI is InChI=1S/C29H32ClN3O3/c1-35-23-12-9-11-22(21-23)29(34)31-18-8-2-3-17-28-32-25-14-5-6-15-26(25)33(28)19-10-20-36-27-16-7-4-13-24(27)30/h4-7,9,11-16,21H,2-3,8,10,17-20H2,1H3,(H,31,34). The summed E-state index contributed by atoms with van der Waals surface area (Å²) in [5, 5.41) is 3.63. The van der Waals surface area contributed by atoms with Crippen LogP contribution in [0.1, 0.15) is 41.9 Å². The lowest BCUT2D eigenvalue weighted by molar-refractivity contribution is 0.0952. The largest absolute Gasteiger partial charge is 0.497 e. The predicted molar refractivity (Wildman–Crippen MR) is 144 cm³/mol. The summed E-state index contributed by atoms with van der Waals surface area (Å²) >= 11 is 6.19. The first-order valence-corrected chi connectivity index (χ1v) is 12.8. The summed E-state index contributed by atoms with van der Waals surface area (Å²) in [6.07, 6.45) is 4.69. The molecule has 1 N–H and O–H groups in total. The molecule has 0 atom stereocenters. The van der Waals surface area contributed by atoms with Gasteiger partial charge in [0.25, 0.3) is 5.91 Å². The molecule has 1 aromatic heterocycles. The number of hydrogen-bond acceptors (Lipinski definition) is 4. The number of ether oxygens (including phenoxy) is 2.